The first-order chi connectivity index (χ1) is 13.2. The van der Waals surface area contributed by atoms with Crippen molar-refractivity contribution in [2.45, 2.75) is 37.4 Å². The molecule has 3 nitrogen and oxygen atoms in total. The van der Waals surface area contributed by atoms with Gasteiger partial charge in [-0.15, -0.1) is 23.1 Å². The first-order valence-corrected chi connectivity index (χ1v) is 10.8. The fourth-order valence-electron chi connectivity index (χ4n) is 3.15. The molecule has 2 aromatic carbocycles. The number of hydrogen-bond acceptors (Lipinski definition) is 5. The molecule has 0 saturated heterocycles. The summed E-state index contributed by atoms with van der Waals surface area (Å²) in [5.74, 6) is 1.73. The molecule has 1 aliphatic rings. The SMILES string of the molecule is Cc1nc(COc2ccc(CNC3CCSc4ccc(F)cc43)cc2)cs1. The van der Waals surface area contributed by atoms with E-state index in [0.29, 0.717) is 6.61 Å². The molecule has 0 saturated carbocycles. The van der Waals surface area contributed by atoms with Gasteiger partial charge in [0.2, 0.25) is 0 Å². The Morgan fingerprint density at radius 2 is 2.07 bits per heavy atom. The molecule has 140 valence electrons. The van der Waals surface area contributed by atoms with Crippen LogP contribution in [-0.2, 0) is 13.2 Å². The molecule has 1 N–H and O–H groups in total. The second-order valence-electron chi connectivity index (χ2n) is 6.54. The zero-order chi connectivity index (χ0) is 18.6. The predicted molar refractivity (Wildman–Crippen MR) is 109 cm³/mol. The van der Waals surface area contributed by atoms with E-state index in [0.717, 1.165) is 40.7 Å². The van der Waals surface area contributed by atoms with Gasteiger partial charge in [-0.25, -0.2) is 9.37 Å². The van der Waals surface area contributed by atoms with Gasteiger partial charge in [0.1, 0.15) is 18.2 Å². The maximum absolute atomic E-state index is 13.6. The van der Waals surface area contributed by atoms with Crippen LogP contribution < -0.4 is 10.1 Å². The Labute approximate surface area is 167 Å². The minimum atomic E-state index is -0.167. The van der Waals surface area contributed by atoms with Gasteiger partial charge in [-0.2, -0.15) is 0 Å². The maximum Gasteiger partial charge on any atom is 0.131 e. The summed E-state index contributed by atoms with van der Waals surface area (Å²) in [5.41, 5.74) is 3.22. The number of hydrogen-bond donors (Lipinski definition) is 1. The van der Waals surface area contributed by atoms with E-state index in [1.807, 2.05) is 30.5 Å². The van der Waals surface area contributed by atoms with Gasteiger partial charge in [-0.3, -0.25) is 0 Å². The number of nitrogens with one attached hydrogen (secondary N) is 1. The van der Waals surface area contributed by atoms with E-state index in [9.17, 15) is 4.39 Å². The minimum Gasteiger partial charge on any atom is -0.487 e. The van der Waals surface area contributed by atoms with E-state index in [4.69, 9.17) is 4.74 Å². The number of ether oxygens (including phenoxy) is 1. The summed E-state index contributed by atoms with van der Waals surface area (Å²) in [6, 6.07) is 13.4. The highest BCUT2D eigenvalue weighted by atomic mass is 32.2. The number of thiazole rings is 1. The second kappa shape index (κ2) is 8.42. The summed E-state index contributed by atoms with van der Waals surface area (Å²) in [4.78, 5) is 5.59. The molecule has 27 heavy (non-hydrogen) atoms. The van der Waals surface area contributed by atoms with Crippen LogP contribution in [0.25, 0.3) is 0 Å². The van der Waals surface area contributed by atoms with Gasteiger partial charge >= 0.3 is 0 Å². The smallest absolute Gasteiger partial charge is 0.131 e. The number of nitrogens with zero attached hydrogens (tertiary/aromatic N) is 1. The largest absolute Gasteiger partial charge is 0.487 e. The summed E-state index contributed by atoms with van der Waals surface area (Å²) in [5, 5.41) is 6.65. The average molecular weight is 401 g/mol. The highest BCUT2D eigenvalue weighted by Crippen LogP contribution is 2.36. The van der Waals surface area contributed by atoms with E-state index >= 15 is 0 Å². The van der Waals surface area contributed by atoms with Crippen molar-refractivity contribution in [1.82, 2.24) is 10.3 Å². The molecule has 0 amide bonds. The summed E-state index contributed by atoms with van der Waals surface area (Å²) in [6.45, 7) is 3.23. The molecule has 3 aromatic rings. The average Bonchev–Trinajstić information content (AvgIpc) is 3.11. The van der Waals surface area contributed by atoms with Crippen LogP contribution in [0.3, 0.4) is 0 Å². The quantitative estimate of drug-likeness (QED) is 0.593. The van der Waals surface area contributed by atoms with Crippen molar-refractivity contribution in [2.75, 3.05) is 5.75 Å². The summed E-state index contributed by atoms with van der Waals surface area (Å²) in [6.07, 6.45) is 1.01. The van der Waals surface area contributed by atoms with E-state index in [-0.39, 0.29) is 11.9 Å². The Hall–Kier alpha value is -1.89. The Kier molecular flexibility index (Phi) is 5.76. The molecule has 0 radical (unpaired) electrons. The Bertz CT molecular complexity index is 911. The first-order valence-electron chi connectivity index (χ1n) is 8.96. The molecule has 1 aliphatic heterocycles. The lowest BCUT2D eigenvalue weighted by atomic mass is 10.0. The van der Waals surface area contributed by atoms with Gasteiger partial charge in [-0.1, -0.05) is 12.1 Å². The van der Waals surface area contributed by atoms with Crippen molar-refractivity contribution < 1.29 is 9.13 Å². The summed E-state index contributed by atoms with van der Waals surface area (Å²) < 4.78 is 19.4. The van der Waals surface area contributed by atoms with Crippen molar-refractivity contribution >= 4 is 23.1 Å². The highest BCUT2D eigenvalue weighted by molar-refractivity contribution is 7.99. The maximum atomic E-state index is 13.6. The topological polar surface area (TPSA) is 34.1 Å². The second-order valence-corrected chi connectivity index (χ2v) is 8.74. The van der Waals surface area contributed by atoms with Gasteiger partial charge in [0.15, 0.2) is 0 Å². The van der Waals surface area contributed by atoms with Crippen LogP contribution in [0.4, 0.5) is 4.39 Å². The van der Waals surface area contributed by atoms with Crippen LogP contribution in [0.1, 0.15) is 34.3 Å². The van der Waals surface area contributed by atoms with Gasteiger partial charge in [0.05, 0.1) is 10.7 Å². The van der Waals surface area contributed by atoms with Crippen LogP contribution in [0.15, 0.2) is 52.7 Å². The minimum absolute atomic E-state index is 0.167. The molecule has 2 heterocycles. The van der Waals surface area contributed by atoms with Crippen LogP contribution >= 0.6 is 23.1 Å². The van der Waals surface area contributed by atoms with Crippen molar-refractivity contribution in [2.24, 2.45) is 0 Å². The number of fused-ring (bicyclic) bond motifs is 1. The molecular formula is C21H21FN2OS2. The van der Waals surface area contributed by atoms with Gasteiger partial charge in [0.25, 0.3) is 0 Å². The molecule has 1 aromatic heterocycles. The number of halogens is 1. The predicted octanol–water partition coefficient (Wildman–Crippen LogP) is 5.50. The third-order valence-corrected chi connectivity index (χ3v) is 6.49. The molecule has 0 bridgehead atoms. The van der Waals surface area contributed by atoms with E-state index in [2.05, 4.69) is 22.4 Å². The Morgan fingerprint density at radius 3 is 2.85 bits per heavy atom. The third kappa shape index (κ3) is 4.69. The van der Waals surface area contributed by atoms with E-state index < -0.39 is 0 Å². The highest BCUT2D eigenvalue weighted by Gasteiger charge is 2.20. The molecule has 1 atom stereocenters. The number of rotatable bonds is 6. The van der Waals surface area contributed by atoms with Crippen molar-refractivity contribution in [1.29, 1.82) is 0 Å². The van der Waals surface area contributed by atoms with Gasteiger partial charge in [-0.05, 0) is 60.6 Å². The lowest BCUT2D eigenvalue weighted by molar-refractivity contribution is 0.302. The van der Waals surface area contributed by atoms with E-state index in [1.54, 1.807) is 35.2 Å². The van der Waals surface area contributed by atoms with Crippen molar-refractivity contribution in [3.05, 3.63) is 75.5 Å². The number of thioether (sulfide) groups is 1. The van der Waals surface area contributed by atoms with Crippen molar-refractivity contribution in [3.8, 4) is 5.75 Å². The lowest BCUT2D eigenvalue weighted by Crippen LogP contribution is -2.24. The fraction of sp³-hybridized carbons (Fsp3) is 0.286. The standard InChI is InChI=1S/C21H21FN2OS2/c1-14-24-17(13-27-14)12-25-18-5-2-15(3-6-18)11-23-20-8-9-26-21-7-4-16(22)10-19(20)21/h2-7,10,13,20,23H,8-9,11-12H2,1H3. The van der Waals surface area contributed by atoms with Crippen LogP contribution in [0, 0.1) is 12.7 Å². The number of aryl methyl sites for hydroxylation is 1. The lowest BCUT2D eigenvalue weighted by Gasteiger charge is -2.26. The molecule has 0 aliphatic carbocycles. The Balaban J connectivity index is 1.33. The Morgan fingerprint density at radius 1 is 1.22 bits per heavy atom. The van der Waals surface area contributed by atoms with Gasteiger partial charge in [0, 0.05) is 22.9 Å². The molecule has 4 rings (SSSR count). The normalized spacial score (nSPS) is 16.1. The zero-order valence-electron chi connectivity index (χ0n) is 15.1. The van der Waals surface area contributed by atoms with Crippen molar-refractivity contribution in [3.63, 3.8) is 0 Å². The molecule has 0 fully saturated rings. The van der Waals surface area contributed by atoms with Crippen LogP contribution in [0.5, 0.6) is 5.75 Å². The van der Waals surface area contributed by atoms with Crippen LogP contribution in [0.2, 0.25) is 0 Å². The molecule has 1 unspecified atom stereocenters. The number of aromatic nitrogens is 1. The van der Waals surface area contributed by atoms with Crippen LogP contribution in [-0.4, -0.2) is 10.7 Å². The molecule has 0 spiro atoms. The fourth-order valence-corrected chi connectivity index (χ4v) is 4.86. The van der Waals surface area contributed by atoms with Gasteiger partial charge < -0.3 is 10.1 Å². The molecule has 6 heteroatoms. The summed E-state index contributed by atoms with van der Waals surface area (Å²) in [7, 11) is 0. The first kappa shape index (κ1) is 18.5. The third-order valence-electron chi connectivity index (χ3n) is 4.54. The number of benzene rings is 2. The van der Waals surface area contributed by atoms with E-state index in [1.165, 1.54) is 10.5 Å². The zero-order valence-corrected chi connectivity index (χ0v) is 16.7. The molecular weight excluding hydrogens is 379 g/mol. The summed E-state index contributed by atoms with van der Waals surface area (Å²) >= 11 is 3.44. The monoisotopic (exact) mass is 400 g/mol.